The molecule has 1 heterocycles. The predicted octanol–water partition coefficient (Wildman–Crippen LogP) is 1.04. The molecule has 0 amide bonds. The van der Waals surface area contributed by atoms with Gasteiger partial charge in [-0.3, -0.25) is 0 Å². The summed E-state index contributed by atoms with van der Waals surface area (Å²) in [5.74, 6) is 0.359. The van der Waals surface area contributed by atoms with Crippen LogP contribution in [-0.4, -0.2) is 40.7 Å². The van der Waals surface area contributed by atoms with Crippen LogP contribution in [0, 0.1) is 5.92 Å². The zero-order valence-electron chi connectivity index (χ0n) is 10.1. The van der Waals surface area contributed by atoms with Crippen molar-refractivity contribution in [2.75, 3.05) is 13.1 Å². The molecule has 0 aromatic heterocycles. The Hall–Kier alpha value is -0.450. The molecular formula is C11H22N2O2. The Kier molecular flexibility index (Phi) is 3.53. The number of nitrogens with one attached hydrogen (secondary N) is 1. The minimum atomic E-state index is -0.237. The van der Waals surface area contributed by atoms with Crippen molar-refractivity contribution in [1.82, 2.24) is 10.4 Å². The molecule has 1 aliphatic rings. The van der Waals surface area contributed by atoms with E-state index in [1.165, 1.54) is 5.06 Å². The second-order valence-corrected chi connectivity index (χ2v) is 5.50. The van der Waals surface area contributed by atoms with E-state index in [0.717, 1.165) is 19.3 Å². The summed E-state index contributed by atoms with van der Waals surface area (Å²) in [6.07, 6.45) is 1.80. The van der Waals surface area contributed by atoms with Crippen molar-refractivity contribution in [3.05, 3.63) is 0 Å². The summed E-state index contributed by atoms with van der Waals surface area (Å²) in [7, 11) is 0. The second kappa shape index (κ2) is 4.20. The van der Waals surface area contributed by atoms with E-state index in [1.807, 2.05) is 27.7 Å². The van der Waals surface area contributed by atoms with Gasteiger partial charge in [-0.2, -0.15) is 5.06 Å². The lowest BCUT2D eigenvalue weighted by atomic mass is 9.87. The van der Waals surface area contributed by atoms with Gasteiger partial charge < -0.3 is 15.3 Å². The van der Waals surface area contributed by atoms with E-state index in [9.17, 15) is 10.0 Å². The molecule has 0 aromatic rings. The van der Waals surface area contributed by atoms with Crippen molar-refractivity contribution in [1.29, 1.82) is 0 Å². The summed E-state index contributed by atoms with van der Waals surface area (Å²) in [5, 5.41) is 14.6. The van der Waals surface area contributed by atoms with E-state index in [4.69, 9.17) is 0 Å². The Bertz CT molecular complexity index is 239. The molecule has 0 aromatic carbocycles. The van der Waals surface area contributed by atoms with Gasteiger partial charge in [-0.25, -0.2) is 0 Å². The van der Waals surface area contributed by atoms with Gasteiger partial charge in [0.05, 0.1) is 6.54 Å². The maximum absolute atomic E-state index is 10.2. The van der Waals surface area contributed by atoms with Crippen molar-refractivity contribution in [2.45, 2.75) is 45.2 Å². The Morgan fingerprint density at radius 2 is 2.07 bits per heavy atom. The van der Waals surface area contributed by atoms with Gasteiger partial charge in [-0.05, 0) is 40.0 Å². The highest BCUT2D eigenvalue weighted by molar-refractivity contribution is 5.51. The van der Waals surface area contributed by atoms with E-state index >= 15 is 0 Å². The third kappa shape index (κ3) is 2.38. The molecular weight excluding hydrogens is 192 g/mol. The molecule has 0 saturated carbocycles. The fourth-order valence-corrected chi connectivity index (χ4v) is 2.53. The molecule has 15 heavy (non-hydrogen) atoms. The molecule has 1 atom stereocenters. The molecule has 4 heteroatoms. The standard InChI is InChI=1S/C11H22N2O2/c1-10(2)7-9(8-12-5-6-14)11(3,4)13(10)15/h6,9,12,15H,5,7-8H2,1-4H3. The third-order valence-corrected chi connectivity index (χ3v) is 3.48. The summed E-state index contributed by atoms with van der Waals surface area (Å²) in [5.41, 5.74) is -0.420. The highest BCUT2D eigenvalue weighted by atomic mass is 16.5. The van der Waals surface area contributed by atoms with Gasteiger partial charge in [0.1, 0.15) is 6.29 Å². The molecule has 0 aliphatic carbocycles. The smallest absolute Gasteiger partial charge is 0.133 e. The Morgan fingerprint density at radius 3 is 2.47 bits per heavy atom. The van der Waals surface area contributed by atoms with Crippen molar-refractivity contribution in [3.8, 4) is 0 Å². The minimum Gasteiger partial charge on any atom is -0.313 e. The monoisotopic (exact) mass is 214 g/mol. The van der Waals surface area contributed by atoms with Gasteiger partial charge >= 0.3 is 0 Å². The van der Waals surface area contributed by atoms with Crippen molar-refractivity contribution >= 4 is 6.29 Å². The van der Waals surface area contributed by atoms with E-state index in [1.54, 1.807) is 0 Å². The minimum absolute atomic E-state index is 0.184. The zero-order valence-corrected chi connectivity index (χ0v) is 10.1. The number of hydrogen-bond donors (Lipinski definition) is 2. The molecule has 88 valence electrons. The average molecular weight is 214 g/mol. The number of rotatable bonds is 4. The number of hydrogen-bond acceptors (Lipinski definition) is 4. The summed E-state index contributed by atoms with van der Waals surface area (Å²) in [4.78, 5) is 10.2. The molecule has 1 rings (SSSR count). The van der Waals surface area contributed by atoms with E-state index in [-0.39, 0.29) is 11.1 Å². The van der Waals surface area contributed by atoms with Crippen LogP contribution < -0.4 is 5.32 Å². The Balaban J connectivity index is 2.63. The van der Waals surface area contributed by atoms with Gasteiger partial charge in [-0.1, -0.05) is 0 Å². The summed E-state index contributed by atoms with van der Waals surface area (Å²) >= 11 is 0. The SMILES string of the molecule is CC1(C)CC(CNCC=O)C(C)(C)N1O. The van der Waals surface area contributed by atoms with E-state index in [2.05, 4.69) is 5.32 Å². The van der Waals surface area contributed by atoms with Crippen LogP contribution in [0.4, 0.5) is 0 Å². The fraction of sp³-hybridized carbons (Fsp3) is 0.909. The van der Waals surface area contributed by atoms with Gasteiger partial charge in [0.2, 0.25) is 0 Å². The maximum Gasteiger partial charge on any atom is 0.133 e. The number of carbonyl (C=O) groups is 1. The van der Waals surface area contributed by atoms with Gasteiger partial charge in [-0.15, -0.1) is 0 Å². The zero-order chi connectivity index (χ0) is 11.7. The maximum atomic E-state index is 10.2. The first-order valence-corrected chi connectivity index (χ1v) is 5.46. The van der Waals surface area contributed by atoms with Crippen LogP contribution in [0.15, 0.2) is 0 Å². The van der Waals surface area contributed by atoms with Gasteiger partial charge in [0.15, 0.2) is 0 Å². The highest BCUT2D eigenvalue weighted by Crippen LogP contribution is 2.42. The molecule has 4 nitrogen and oxygen atoms in total. The first-order valence-electron chi connectivity index (χ1n) is 5.46. The lowest BCUT2D eigenvalue weighted by Gasteiger charge is -2.36. The topological polar surface area (TPSA) is 52.6 Å². The van der Waals surface area contributed by atoms with Crippen LogP contribution in [0.3, 0.4) is 0 Å². The van der Waals surface area contributed by atoms with E-state index < -0.39 is 0 Å². The molecule has 0 bridgehead atoms. The van der Waals surface area contributed by atoms with Crippen molar-refractivity contribution < 1.29 is 10.0 Å². The van der Waals surface area contributed by atoms with Crippen molar-refractivity contribution in [3.63, 3.8) is 0 Å². The average Bonchev–Trinajstić information content (AvgIpc) is 2.28. The van der Waals surface area contributed by atoms with Crippen LogP contribution in [-0.2, 0) is 4.79 Å². The fourth-order valence-electron chi connectivity index (χ4n) is 2.53. The number of hydroxylamine groups is 2. The Labute approximate surface area is 91.6 Å². The largest absolute Gasteiger partial charge is 0.313 e. The lowest BCUT2D eigenvalue weighted by molar-refractivity contribution is -0.196. The quantitative estimate of drug-likeness (QED) is 0.542. The van der Waals surface area contributed by atoms with Crippen LogP contribution in [0.2, 0.25) is 0 Å². The molecule has 2 N–H and O–H groups in total. The molecule has 1 unspecified atom stereocenters. The first kappa shape index (κ1) is 12.6. The summed E-state index contributed by atoms with van der Waals surface area (Å²) < 4.78 is 0. The summed E-state index contributed by atoms with van der Waals surface area (Å²) in [6, 6.07) is 0. The van der Waals surface area contributed by atoms with Crippen LogP contribution in [0.5, 0.6) is 0 Å². The molecule has 0 spiro atoms. The summed E-state index contributed by atoms with van der Waals surface area (Å²) in [6.45, 7) is 9.30. The van der Waals surface area contributed by atoms with Crippen molar-refractivity contribution in [2.24, 2.45) is 5.92 Å². The highest BCUT2D eigenvalue weighted by Gasteiger charge is 2.50. The van der Waals surface area contributed by atoms with Crippen LogP contribution in [0.25, 0.3) is 0 Å². The molecule has 1 fully saturated rings. The first-order chi connectivity index (χ1) is 6.82. The third-order valence-electron chi connectivity index (χ3n) is 3.48. The number of nitrogens with zero attached hydrogens (tertiary/aromatic N) is 1. The molecule has 1 saturated heterocycles. The Morgan fingerprint density at radius 1 is 1.47 bits per heavy atom. The van der Waals surface area contributed by atoms with Crippen LogP contribution in [0.1, 0.15) is 34.1 Å². The van der Waals surface area contributed by atoms with Gasteiger partial charge in [0, 0.05) is 17.6 Å². The predicted molar refractivity (Wildman–Crippen MR) is 58.8 cm³/mol. The number of carbonyl (C=O) groups excluding carboxylic acids is 1. The number of aldehydes is 1. The molecule has 1 aliphatic heterocycles. The normalized spacial score (nSPS) is 29.3. The van der Waals surface area contributed by atoms with Gasteiger partial charge in [0.25, 0.3) is 0 Å². The van der Waals surface area contributed by atoms with E-state index in [0.29, 0.717) is 12.5 Å². The molecule has 0 radical (unpaired) electrons. The second-order valence-electron chi connectivity index (χ2n) is 5.50. The van der Waals surface area contributed by atoms with Crippen LogP contribution >= 0.6 is 0 Å². The lowest BCUT2D eigenvalue weighted by Crippen LogP contribution is -2.48.